The number of nitrogens with one attached hydrogen (secondary N) is 1. The second-order valence-electron chi connectivity index (χ2n) is 7.06. The molecule has 3 heterocycles. The van der Waals surface area contributed by atoms with Crippen LogP contribution >= 0.6 is 11.6 Å². The molecule has 7 heteroatoms. The van der Waals surface area contributed by atoms with Crippen LogP contribution in [0.2, 0.25) is 5.15 Å². The highest BCUT2D eigenvalue weighted by Crippen LogP contribution is 2.19. The molecule has 1 N–H and O–H groups in total. The molecular weight excluding hydrogens is 398 g/mol. The topological polar surface area (TPSA) is 64.2 Å². The first-order valence-corrected chi connectivity index (χ1v) is 10.1. The SMILES string of the molecule is Cc1nn(Cc2ccccc2)c(C)c1CNC(=O)/C=C/c1c(Cl)nc2ccccn12. The summed E-state index contributed by atoms with van der Waals surface area (Å²) in [6.45, 7) is 5.10. The van der Waals surface area contributed by atoms with Crippen LogP contribution in [0.25, 0.3) is 11.7 Å². The quantitative estimate of drug-likeness (QED) is 0.477. The number of carbonyl (C=O) groups is 1. The fraction of sp³-hybridized carbons (Fsp3) is 0.174. The molecule has 3 aromatic heterocycles. The molecule has 0 saturated carbocycles. The second-order valence-corrected chi connectivity index (χ2v) is 7.42. The second kappa shape index (κ2) is 8.55. The van der Waals surface area contributed by atoms with Crippen LogP contribution in [-0.2, 0) is 17.9 Å². The first kappa shape index (κ1) is 19.9. The third-order valence-electron chi connectivity index (χ3n) is 5.06. The lowest BCUT2D eigenvalue weighted by atomic mass is 10.2. The van der Waals surface area contributed by atoms with Gasteiger partial charge in [-0.1, -0.05) is 48.0 Å². The number of imidazole rings is 1. The average molecular weight is 420 g/mol. The Morgan fingerprint density at radius 3 is 2.70 bits per heavy atom. The van der Waals surface area contributed by atoms with E-state index in [1.165, 1.54) is 11.6 Å². The average Bonchev–Trinajstić information content (AvgIpc) is 3.20. The van der Waals surface area contributed by atoms with E-state index in [1.54, 1.807) is 6.08 Å². The number of hydrogen-bond acceptors (Lipinski definition) is 3. The summed E-state index contributed by atoms with van der Waals surface area (Å²) in [7, 11) is 0. The maximum atomic E-state index is 12.4. The Hall–Kier alpha value is -3.38. The number of aromatic nitrogens is 4. The van der Waals surface area contributed by atoms with E-state index in [4.69, 9.17) is 11.6 Å². The molecule has 0 atom stereocenters. The van der Waals surface area contributed by atoms with Crippen molar-refractivity contribution in [2.75, 3.05) is 0 Å². The van der Waals surface area contributed by atoms with Crippen molar-refractivity contribution < 1.29 is 4.79 Å². The number of amides is 1. The maximum absolute atomic E-state index is 12.4. The van der Waals surface area contributed by atoms with Gasteiger partial charge in [0, 0.05) is 30.1 Å². The van der Waals surface area contributed by atoms with E-state index in [0.29, 0.717) is 23.9 Å². The summed E-state index contributed by atoms with van der Waals surface area (Å²) in [6.07, 6.45) is 5.01. The molecule has 0 bridgehead atoms. The fourth-order valence-corrected chi connectivity index (χ4v) is 3.67. The van der Waals surface area contributed by atoms with E-state index in [2.05, 4.69) is 27.5 Å². The summed E-state index contributed by atoms with van der Waals surface area (Å²) in [4.78, 5) is 16.7. The van der Waals surface area contributed by atoms with Crippen LogP contribution in [0, 0.1) is 13.8 Å². The number of benzene rings is 1. The van der Waals surface area contributed by atoms with Gasteiger partial charge in [-0.2, -0.15) is 5.10 Å². The third kappa shape index (κ3) is 4.14. The van der Waals surface area contributed by atoms with E-state index in [9.17, 15) is 4.79 Å². The molecule has 4 aromatic rings. The predicted molar refractivity (Wildman–Crippen MR) is 118 cm³/mol. The standard InChI is InChI=1S/C23H22ClN5O/c1-16-19(17(2)29(27-16)15-18-8-4-3-5-9-18)14-25-22(30)12-11-20-23(24)26-21-10-6-7-13-28(20)21/h3-13H,14-15H2,1-2H3,(H,25,30)/b12-11+. The van der Waals surface area contributed by atoms with Crippen molar-refractivity contribution in [1.29, 1.82) is 0 Å². The van der Waals surface area contributed by atoms with Gasteiger partial charge in [-0.25, -0.2) is 4.98 Å². The Labute approximate surface area is 179 Å². The Morgan fingerprint density at radius 2 is 1.90 bits per heavy atom. The summed E-state index contributed by atoms with van der Waals surface area (Å²) in [5.41, 5.74) is 5.58. The van der Waals surface area contributed by atoms with Gasteiger partial charge in [0.1, 0.15) is 5.65 Å². The molecule has 0 saturated heterocycles. The summed E-state index contributed by atoms with van der Waals surface area (Å²) in [6, 6.07) is 15.8. The van der Waals surface area contributed by atoms with Crippen molar-refractivity contribution in [1.82, 2.24) is 24.5 Å². The van der Waals surface area contributed by atoms with Gasteiger partial charge in [0.25, 0.3) is 0 Å². The fourth-order valence-electron chi connectivity index (χ4n) is 3.42. The smallest absolute Gasteiger partial charge is 0.244 e. The van der Waals surface area contributed by atoms with Crippen LogP contribution in [-0.4, -0.2) is 25.1 Å². The Balaban J connectivity index is 1.44. The molecule has 1 aromatic carbocycles. The molecule has 0 radical (unpaired) electrons. The molecule has 0 aliphatic rings. The van der Waals surface area contributed by atoms with Gasteiger partial charge in [-0.05, 0) is 37.6 Å². The Kier molecular flexibility index (Phi) is 5.68. The Bertz CT molecular complexity index is 1220. The van der Waals surface area contributed by atoms with Crippen molar-refractivity contribution in [3.05, 3.63) is 94.2 Å². The lowest BCUT2D eigenvalue weighted by Gasteiger charge is -2.06. The van der Waals surface area contributed by atoms with Gasteiger partial charge < -0.3 is 5.32 Å². The van der Waals surface area contributed by atoms with E-state index < -0.39 is 0 Å². The zero-order valence-electron chi connectivity index (χ0n) is 16.8. The zero-order chi connectivity index (χ0) is 21.1. The lowest BCUT2D eigenvalue weighted by molar-refractivity contribution is -0.116. The first-order chi connectivity index (χ1) is 14.5. The zero-order valence-corrected chi connectivity index (χ0v) is 17.6. The predicted octanol–water partition coefficient (Wildman–Crippen LogP) is 4.18. The molecule has 6 nitrogen and oxygen atoms in total. The van der Waals surface area contributed by atoms with Gasteiger partial charge in [0.15, 0.2) is 5.15 Å². The minimum absolute atomic E-state index is 0.202. The first-order valence-electron chi connectivity index (χ1n) is 9.68. The van der Waals surface area contributed by atoms with Crippen molar-refractivity contribution in [3.63, 3.8) is 0 Å². The minimum Gasteiger partial charge on any atom is -0.348 e. The van der Waals surface area contributed by atoms with Gasteiger partial charge in [0.2, 0.25) is 5.91 Å². The van der Waals surface area contributed by atoms with Crippen LogP contribution in [0.1, 0.15) is 28.2 Å². The van der Waals surface area contributed by atoms with Crippen LogP contribution in [0.5, 0.6) is 0 Å². The monoisotopic (exact) mass is 419 g/mol. The number of fused-ring (bicyclic) bond motifs is 1. The molecule has 1 amide bonds. The van der Waals surface area contributed by atoms with Gasteiger partial charge >= 0.3 is 0 Å². The van der Waals surface area contributed by atoms with Crippen molar-refractivity contribution in [2.45, 2.75) is 26.9 Å². The van der Waals surface area contributed by atoms with Gasteiger partial charge in [-0.3, -0.25) is 13.9 Å². The molecule has 0 spiro atoms. The highest BCUT2D eigenvalue weighted by atomic mass is 35.5. The number of hydrogen-bond donors (Lipinski definition) is 1. The number of rotatable bonds is 6. The van der Waals surface area contributed by atoms with E-state index in [1.807, 2.05) is 65.5 Å². The number of pyridine rings is 1. The highest BCUT2D eigenvalue weighted by molar-refractivity contribution is 6.31. The normalized spacial score (nSPS) is 11.4. The molecule has 0 unspecified atom stereocenters. The molecule has 0 fully saturated rings. The number of carbonyl (C=O) groups excluding carboxylic acids is 1. The van der Waals surface area contributed by atoms with Crippen LogP contribution < -0.4 is 5.32 Å². The summed E-state index contributed by atoms with van der Waals surface area (Å²) >= 11 is 6.21. The molecule has 152 valence electrons. The molecular formula is C23H22ClN5O. The van der Waals surface area contributed by atoms with Crippen molar-refractivity contribution in [2.24, 2.45) is 0 Å². The molecule has 0 aliphatic heterocycles. The van der Waals surface area contributed by atoms with Crippen LogP contribution in [0.3, 0.4) is 0 Å². The maximum Gasteiger partial charge on any atom is 0.244 e. The van der Waals surface area contributed by atoms with Gasteiger partial charge in [0.05, 0.1) is 17.9 Å². The largest absolute Gasteiger partial charge is 0.348 e. The van der Waals surface area contributed by atoms with Crippen LogP contribution in [0.4, 0.5) is 0 Å². The number of halogens is 1. The summed E-state index contributed by atoms with van der Waals surface area (Å²) in [5, 5.41) is 7.93. The summed E-state index contributed by atoms with van der Waals surface area (Å²) < 4.78 is 3.81. The molecule has 30 heavy (non-hydrogen) atoms. The van der Waals surface area contributed by atoms with E-state index >= 15 is 0 Å². The van der Waals surface area contributed by atoms with Crippen molar-refractivity contribution >= 4 is 29.2 Å². The molecule has 4 rings (SSSR count). The lowest BCUT2D eigenvalue weighted by Crippen LogP contribution is -2.21. The van der Waals surface area contributed by atoms with E-state index in [-0.39, 0.29) is 5.91 Å². The highest BCUT2D eigenvalue weighted by Gasteiger charge is 2.13. The molecule has 0 aliphatic carbocycles. The third-order valence-corrected chi connectivity index (χ3v) is 5.34. The van der Waals surface area contributed by atoms with Gasteiger partial charge in [-0.15, -0.1) is 0 Å². The van der Waals surface area contributed by atoms with Crippen LogP contribution in [0.15, 0.2) is 60.8 Å². The minimum atomic E-state index is -0.202. The van der Waals surface area contributed by atoms with Crippen molar-refractivity contribution in [3.8, 4) is 0 Å². The Morgan fingerprint density at radius 1 is 1.13 bits per heavy atom. The van der Waals surface area contributed by atoms with E-state index in [0.717, 1.165) is 22.6 Å². The number of aryl methyl sites for hydroxylation is 1. The summed E-state index contributed by atoms with van der Waals surface area (Å²) in [5.74, 6) is -0.202. The number of nitrogens with zero attached hydrogens (tertiary/aromatic N) is 4.